The highest BCUT2D eigenvalue weighted by atomic mass is 19.1. The summed E-state index contributed by atoms with van der Waals surface area (Å²) in [6, 6.07) is 4.33. The van der Waals surface area contributed by atoms with Gasteiger partial charge < -0.3 is 5.11 Å². The SMILES string of the molecule is Cc1cc(F)ccc1-n1nnc(C(=O)O)c1C1CC1. The van der Waals surface area contributed by atoms with Crippen LogP contribution in [0.3, 0.4) is 0 Å². The predicted molar refractivity (Wildman–Crippen MR) is 65.0 cm³/mol. The third-order valence-electron chi connectivity index (χ3n) is 3.26. The van der Waals surface area contributed by atoms with Crippen molar-refractivity contribution in [2.45, 2.75) is 25.7 Å². The Morgan fingerprint density at radius 1 is 1.47 bits per heavy atom. The van der Waals surface area contributed by atoms with Gasteiger partial charge in [0.2, 0.25) is 0 Å². The van der Waals surface area contributed by atoms with E-state index in [-0.39, 0.29) is 17.4 Å². The molecule has 0 saturated heterocycles. The molecule has 1 aromatic heterocycles. The molecule has 0 unspecified atom stereocenters. The monoisotopic (exact) mass is 261 g/mol. The minimum atomic E-state index is -1.08. The second-order valence-electron chi connectivity index (χ2n) is 4.75. The first-order valence-corrected chi connectivity index (χ1v) is 6.03. The maximum atomic E-state index is 13.1. The molecule has 0 bridgehead atoms. The summed E-state index contributed by atoms with van der Waals surface area (Å²) in [5, 5.41) is 16.8. The van der Waals surface area contributed by atoms with Gasteiger partial charge in [0.1, 0.15) is 5.82 Å². The lowest BCUT2D eigenvalue weighted by Gasteiger charge is -2.09. The minimum absolute atomic E-state index is 0.00812. The zero-order chi connectivity index (χ0) is 13.6. The highest BCUT2D eigenvalue weighted by molar-refractivity contribution is 5.87. The number of aryl methyl sites for hydroxylation is 1. The molecule has 0 atom stereocenters. The van der Waals surface area contributed by atoms with Gasteiger partial charge in [-0.1, -0.05) is 5.21 Å². The fourth-order valence-electron chi connectivity index (χ4n) is 2.20. The average molecular weight is 261 g/mol. The number of rotatable bonds is 3. The van der Waals surface area contributed by atoms with E-state index in [2.05, 4.69) is 10.3 Å². The number of aromatic carboxylic acids is 1. The summed E-state index contributed by atoms with van der Waals surface area (Å²) < 4.78 is 14.7. The Balaban J connectivity index is 2.17. The van der Waals surface area contributed by atoms with Crippen LogP contribution in [0.1, 0.15) is 40.5 Å². The van der Waals surface area contributed by atoms with Crippen LogP contribution in [0, 0.1) is 12.7 Å². The van der Waals surface area contributed by atoms with Gasteiger partial charge in [-0.25, -0.2) is 13.9 Å². The molecule has 2 aromatic rings. The second-order valence-corrected chi connectivity index (χ2v) is 4.75. The van der Waals surface area contributed by atoms with Crippen LogP contribution in [0.15, 0.2) is 18.2 Å². The third kappa shape index (κ3) is 1.99. The van der Waals surface area contributed by atoms with Crippen LogP contribution in [-0.4, -0.2) is 26.1 Å². The molecule has 5 nitrogen and oxygen atoms in total. The fourth-order valence-corrected chi connectivity index (χ4v) is 2.20. The first-order chi connectivity index (χ1) is 9.08. The molecule has 19 heavy (non-hydrogen) atoms. The smallest absolute Gasteiger partial charge is 0.358 e. The highest BCUT2D eigenvalue weighted by Gasteiger charge is 2.34. The van der Waals surface area contributed by atoms with Gasteiger partial charge in [-0.05, 0) is 43.5 Å². The molecule has 0 aliphatic heterocycles. The lowest BCUT2D eigenvalue weighted by atomic mass is 10.1. The number of hydrogen-bond donors (Lipinski definition) is 1. The van der Waals surface area contributed by atoms with E-state index < -0.39 is 5.97 Å². The van der Waals surface area contributed by atoms with Gasteiger partial charge in [0.25, 0.3) is 0 Å². The van der Waals surface area contributed by atoms with Gasteiger partial charge in [0, 0.05) is 5.92 Å². The van der Waals surface area contributed by atoms with Crippen molar-refractivity contribution in [3.05, 3.63) is 41.0 Å². The van der Waals surface area contributed by atoms with E-state index >= 15 is 0 Å². The van der Waals surface area contributed by atoms with Crippen LogP contribution in [0.4, 0.5) is 4.39 Å². The van der Waals surface area contributed by atoms with Crippen LogP contribution < -0.4 is 0 Å². The van der Waals surface area contributed by atoms with E-state index in [1.165, 1.54) is 16.8 Å². The number of carboxylic acids is 1. The number of aromatic nitrogens is 3. The van der Waals surface area contributed by atoms with Crippen LogP contribution in [0.2, 0.25) is 0 Å². The molecule has 0 spiro atoms. The molecule has 1 aromatic carbocycles. The summed E-state index contributed by atoms with van der Waals surface area (Å²) in [6.07, 6.45) is 1.88. The molecule has 3 rings (SSSR count). The van der Waals surface area contributed by atoms with Crippen molar-refractivity contribution in [1.82, 2.24) is 15.0 Å². The standard InChI is InChI=1S/C13H12FN3O2/c1-7-6-9(14)4-5-10(7)17-12(8-2-3-8)11(13(18)19)15-16-17/h4-6,8H,2-3H2,1H3,(H,18,19). The largest absolute Gasteiger partial charge is 0.476 e. The normalized spacial score (nSPS) is 14.6. The Kier molecular flexibility index (Phi) is 2.58. The topological polar surface area (TPSA) is 68.0 Å². The van der Waals surface area contributed by atoms with Crippen LogP contribution in [0.25, 0.3) is 5.69 Å². The van der Waals surface area contributed by atoms with Gasteiger partial charge in [-0.15, -0.1) is 5.10 Å². The molecule has 0 amide bonds. The first-order valence-electron chi connectivity index (χ1n) is 6.03. The van der Waals surface area contributed by atoms with Gasteiger partial charge >= 0.3 is 5.97 Å². The molecule has 98 valence electrons. The van der Waals surface area contributed by atoms with E-state index in [0.717, 1.165) is 12.8 Å². The number of nitrogens with zero attached hydrogens (tertiary/aromatic N) is 3. The molecule has 1 N–H and O–H groups in total. The Morgan fingerprint density at radius 2 is 2.21 bits per heavy atom. The number of halogens is 1. The fraction of sp³-hybridized carbons (Fsp3) is 0.308. The maximum Gasteiger partial charge on any atom is 0.358 e. The lowest BCUT2D eigenvalue weighted by Crippen LogP contribution is -2.07. The van der Waals surface area contributed by atoms with Crippen LogP contribution in [-0.2, 0) is 0 Å². The summed E-state index contributed by atoms with van der Waals surface area (Å²) in [4.78, 5) is 11.2. The van der Waals surface area contributed by atoms with Crippen molar-refractivity contribution in [2.75, 3.05) is 0 Å². The number of carbonyl (C=O) groups is 1. The van der Waals surface area contributed by atoms with Crippen LogP contribution in [0.5, 0.6) is 0 Å². The average Bonchev–Trinajstić information content (AvgIpc) is 3.08. The summed E-state index contributed by atoms with van der Waals surface area (Å²) in [6.45, 7) is 1.76. The summed E-state index contributed by atoms with van der Waals surface area (Å²) in [7, 11) is 0. The van der Waals surface area contributed by atoms with Crippen molar-refractivity contribution >= 4 is 5.97 Å². The van der Waals surface area contributed by atoms with Crippen molar-refractivity contribution in [3.63, 3.8) is 0 Å². The van der Waals surface area contributed by atoms with Gasteiger partial charge in [0.15, 0.2) is 5.69 Å². The Hall–Kier alpha value is -2.24. The van der Waals surface area contributed by atoms with Gasteiger partial charge in [-0.2, -0.15) is 0 Å². The summed E-state index contributed by atoms with van der Waals surface area (Å²) in [5.74, 6) is -1.22. The maximum absolute atomic E-state index is 13.1. The summed E-state index contributed by atoms with van der Waals surface area (Å²) >= 11 is 0. The molecular formula is C13H12FN3O2. The Morgan fingerprint density at radius 3 is 2.79 bits per heavy atom. The minimum Gasteiger partial charge on any atom is -0.476 e. The van der Waals surface area contributed by atoms with E-state index in [9.17, 15) is 9.18 Å². The first kappa shape index (κ1) is 11.8. The molecule has 6 heteroatoms. The third-order valence-corrected chi connectivity index (χ3v) is 3.26. The van der Waals surface area contributed by atoms with Crippen molar-refractivity contribution in [1.29, 1.82) is 0 Å². The van der Waals surface area contributed by atoms with Gasteiger partial charge in [0.05, 0.1) is 11.4 Å². The molecule has 1 aliphatic carbocycles. The molecule has 1 saturated carbocycles. The number of hydrogen-bond acceptors (Lipinski definition) is 3. The van der Waals surface area contributed by atoms with Gasteiger partial charge in [-0.3, -0.25) is 0 Å². The van der Waals surface area contributed by atoms with E-state index in [1.54, 1.807) is 13.0 Å². The number of carboxylic acid groups (broad SMARTS) is 1. The van der Waals surface area contributed by atoms with Crippen molar-refractivity contribution in [2.24, 2.45) is 0 Å². The van der Waals surface area contributed by atoms with Crippen molar-refractivity contribution < 1.29 is 14.3 Å². The van der Waals surface area contributed by atoms with E-state index in [1.807, 2.05) is 0 Å². The zero-order valence-electron chi connectivity index (χ0n) is 10.3. The highest BCUT2D eigenvalue weighted by Crippen LogP contribution is 2.42. The number of benzene rings is 1. The van der Waals surface area contributed by atoms with Crippen LogP contribution >= 0.6 is 0 Å². The zero-order valence-corrected chi connectivity index (χ0v) is 10.3. The Bertz CT molecular complexity index is 662. The second kappa shape index (κ2) is 4.15. The molecule has 1 fully saturated rings. The molecule has 0 radical (unpaired) electrons. The molecule has 1 aliphatic rings. The van der Waals surface area contributed by atoms with E-state index in [4.69, 9.17) is 5.11 Å². The Labute approximate surface area is 108 Å². The van der Waals surface area contributed by atoms with Crippen molar-refractivity contribution in [3.8, 4) is 5.69 Å². The molecule has 1 heterocycles. The molecular weight excluding hydrogens is 249 g/mol. The quantitative estimate of drug-likeness (QED) is 0.920. The predicted octanol–water partition coefficient (Wildman–Crippen LogP) is 2.29. The van der Waals surface area contributed by atoms with E-state index in [0.29, 0.717) is 16.9 Å². The summed E-state index contributed by atoms with van der Waals surface area (Å²) in [5.41, 5.74) is 1.97. The lowest BCUT2D eigenvalue weighted by molar-refractivity contribution is 0.0689.